The first-order valence-electron chi connectivity index (χ1n) is 13.0. The first kappa shape index (κ1) is 22.9. The van der Waals surface area contributed by atoms with Crippen LogP contribution in [0.5, 0.6) is 0 Å². The van der Waals surface area contributed by atoms with E-state index in [1.54, 1.807) is 0 Å². The Morgan fingerprint density at radius 1 is 1.09 bits per heavy atom. The number of hydrogen-bond donors (Lipinski definition) is 1. The summed E-state index contributed by atoms with van der Waals surface area (Å²) in [5.74, 6) is 0.818. The number of urea groups is 1. The molecule has 1 N–H and O–H groups in total. The van der Waals surface area contributed by atoms with Gasteiger partial charge in [-0.15, -0.1) is 0 Å². The van der Waals surface area contributed by atoms with E-state index in [-0.39, 0.29) is 29.9 Å². The third kappa shape index (κ3) is 4.57. The highest BCUT2D eigenvalue weighted by atomic mass is 16.2. The largest absolute Gasteiger partial charge is 0.338 e. The highest BCUT2D eigenvalue weighted by molar-refractivity contribution is 5.83. The van der Waals surface area contributed by atoms with E-state index in [2.05, 4.69) is 54.4 Å². The molecule has 0 aromatic heterocycles. The third-order valence-electron chi connectivity index (χ3n) is 7.85. The van der Waals surface area contributed by atoms with E-state index in [9.17, 15) is 9.59 Å². The fourth-order valence-electron chi connectivity index (χ4n) is 6.27. The van der Waals surface area contributed by atoms with Crippen molar-refractivity contribution in [2.24, 2.45) is 11.8 Å². The number of rotatable bonds is 5. The number of piperidine rings is 2. The van der Waals surface area contributed by atoms with Crippen molar-refractivity contribution in [1.29, 1.82) is 0 Å². The van der Waals surface area contributed by atoms with Gasteiger partial charge in [0.05, 0.1) is 12.0 Å². The molecule has 0 radical (unpaired) electrons. The maximum Gasteiger partial charge on any atom is 0.317 e. The van der Waals surface area contributed by atoms with Gasteiger partial charge in [-0.3, -0.25) is 4.79 Å². The molecule has 5 nitrogen and oxygen atoms in total. The van der Waals surface area contributed by atoms with Gasteiger partial charge in [0, 0.05) is 25.7 Å². The molecule has 3 aliphatic heterocycles. The molecule has 5 rings (SSSR count). The number of fused-ring (bicyclic) bond motifs is 4. The lowest BCUT2D eigenvalue weighted by atomic mass is 9.76. The van der Waals surface area contributed by atoms with Crippen molar-refractivity contribution >= 4 is 11.9 Å². The second-order valence-electron chi connectivity index (χ2n) is 10.6. The van der Waals surface area contributed by atoms with Crippen LogP contribution in [0.15, 0.2) is 48.5 Å². The van der Waals surface area contributed by atoms with Gasteiger partial charge < -0.3 is 15.1 Å². The first-order valence-corrected chi connectivity index (χ1v) is 13.0. The Bertz CT molecular complexity index is 1030. The zero-order valence-electron chi connectivity index (χ0n) is 20.5. The molecule has 0 saturated carbocycles. The van der Waals surface area contributed by atoms with Crippen LogP contribution >= 0.6 is 0 Å². The number of nitrogens with zero attached hydrogens (tertiary/aromatic N) is 2. The fraction of sp³-hybridized carbons (Fsp3) is 0.517. The number of amides is 3. The molecule has 5 heteroatoms. The molecule has 3 atom stereocenters. The molecule has 3 aliphatic rings. The molecule has 0 unspecified atom stereocenters. The summed E-state index contributed by atoms with van der Waals surface area (Å²) in [6, 6.07) is 17.2. The van der Waals surface area contributed by atoms with Crippen LogP contribution < -0.4 is 5.32 Å². The minimum Gasteiger partial charge on any atom is -0.338 e. The molecule has 0 aliphatic carbocycles. The summed E-state index contributed by atoms with van der Waals surface area (Å²) in [5, 5.41) is 3.13. The maximum absolute atomic E-state index is 13.6. The van der Waals surface area contributed by atoms with Gasteiger partial charge in [0.25, 0.3) is 0 Å². The molecule has 0 bridgehead atoms. The average Bonchev–Trinajstić information content (AvgIpc) is 2.84. The second kappa shape index (κ2) is 9.81. The highest BCUT2D eigenvalue weighted by Gasteiger charge is 2.48. The summed E-state index contributed by atoms with van der Waals surface area (Å²) in [5.41, 5.74) is 5.29. The lowest BCUT2D eigenvalue weighted by Crippen LogP contribution is -2.61. The van der Waals surface area contributed by atoms with Crippen LogP contribution in [0.25, 0.3) is 0 Å². The molecule has 34 heavy (non-hydrogen) atoms. The Hall–Kier alpha value is -2.82. The average molecular weight is 460 g/mol. The maximum atomic E-state index is 13.6. The fourth-order valence-corrected chi connectivity index (χ4v) is 6.27. The number of likely N-dealkylation sites (tertiary alicyclic amines) is 1. The Morgan fingerprint density at radius 2 is 1.91 bits per heavy atom. The van der Waals surface area contributed by atoms with Gasteiger partial charge in [0.15, 0.2) is 0 Å². The Labute approximate surface area is 203 Å². The molecule has 2 aromatic carbocycles. The molecule has 2 saturated heterocycles. The molecule has 180 valence electrons. The lowest BCUT2D eigenvalue weighted by molar-refractivity contribution is -0.148. The minimum atomic E-state index is -0.0633. The van der Waals surface area contributed by atoms with E-state index in [0.717, 1.165) is 51.6 Å². The number of hydrogen-bond acceptors (Lipinski definition) is 2. The van der Waals surface area contributed by atoms with Gasteiger partial charge in [0.1, 0.15) is 0 Å². The standard InChI is InChI=1S/C29H37N3O2/c1-20(2)17-22-10-11-24-23(18-22)13-16-31-26(24)19-27-25(28(31)33)9-6-15-32(27)29(34)30-14-12-21-7-4-3-5-8-21/h3-5,7-8,10-11,18,20,25-27H,6,9,12-17,19H2,1-2H3,(H,30,34)/t25-,26-,27-/m1/s1. The minimum absolute atomic E-state index is 0.0134. The topological polar surface area (TPSA) is 52.7 Å². The summed E-state index contributed by atoms with van der Waals surface area (Å²) in [6.45, 7) is 6.65. The Morgan fingerprint density at radius 3 is 2.71 bits per heavy atom. The molecule has 3 amide bonds. The number of benzene rings is 2. The van der Waals surface area contributed by atoms with Crippen molar-refractivity contribution in [3.8, 4) is 0 Å². The van der Waals surface area contributed by atoms with E-state index in [0.29, 0.717) is 12.5 Å². The van der Waals surface area contributed by atoms with Crippen LogP contribution in [0, 0.1) is 11.8 Å². The van der Waals surface area contributed by atoms with Gasteiger partial charge in [-0.1, -0.05) is 62.4 Å². The van der Waals surface area contributed by atoms with Gasteiger partial charge in [-0.05, 0) is 66.7 Å². The van der Waals surface area contributed by atoms with Crippen molar-refractivity contribution in [3.05, 3.63) is 70.8 Å². The highest BCUT2D eigenvalue weighted by Crippen LogP contribution is 2.43. The van der Waals surface area contributed by atoms with Crippen molar-refractivity contribution in [2.45, 2.75) is 64.5 Å². The predicted molar refractivity (Wildman–Crippen MR) is 135 cm³/mol. The van der Waals surface area contributed by atoms with Crippen molar-refractivity contribution < 1.29 is 9.59 Å². The quantitative estimate of drug-likeness (QED) is 0.702. The molecule has 3 heterocycles. The van der Waals surface area contributed by atoms with Crippen LogP contribution in [-0.4, -0.2) is 47.4 Å². The van der Waals surface area contributed by atoms with Crippen LogP contribution in [-0.2, 0) is 24.1 Å². The monoisotopic (exact) mass is 459 g/mol. The Kier molecular flexibility index (Phi) is 6.62. The van der Waals surface area contributed by atoms with Crippen molar-refractivity contribution in [3.63, 3.8) is 0 Å². The summed E-state index contributed by atoms with van der Waals surface area (Å²) < 4.78 is 0. The molecule has 2 fully saturated rings. The summed E-state index contributed by atoms with van der Waals surface area (Å²) in [7, 11) is 0. The normalized spacial score (nSPS) is 23.9. The van der Waals surface area contributed by atoms with Crippen LogP contribution in [0.1, 0.15) is 61.4 Å². The van der Waals surface area contributed by atoms with E-state index < -0.39 is 0 Å². The zero-order valence-corrected chi connectivity index (χ0v) is 20.5. The van der Waals surface area contributed by atoms with Gasteiger partial charge in [0.2, 0.25) is 5.91 Å². The smallest absolute Gasteiger partial charge is 0.317 e. The lowest BCUT2D eigenvalue weighted by Gasteiger charge is -2.51. The summed E-state index contributed by atoms with van der Waals surface area (Å²) >= 11 is 0. The van der Waals surface area contributed by atoms with Crippen LogP contribution in [0.3, 0.4) is 0 Å². The van der Waals surface area contributed by atoms with E-state index in [1.165, 1.54) is 22.3 Å². The van der Waals surface area contributed by atoms with Crippen molar-refractivity contribution in [2.75, 3.05) is 19.6 Å². The van der Waals surface area contributed by atoms with Gasteiger partial charge >= 0.3 is 6.03 Å². The SMILES string of the molecule is CC(C)Cc1ccc2c(c1)CCN1C(=O)[C@@H]3CCCN(C(=O)NCCc4ccccc4)[C@@H]3C[C@H]21. The molecular weight excluding hydrogens is 422 g/mol. The zero-order chi connectivity index (χ0) is 23.7. The van der Waals surface area contributed by atoms with Crippen LogP contribution in [0.4, 0.5) is 4.79 Å². The first-order chi connectivity index (χ1) is 16.5. The van der Waals surface area contributed by atoms with Crippen LogP contribution in [0.2, 0.25) is 0 Å². The molecule has 2 aromatic rings. The summed E-state index contributed by atoms with van der Waals surface area (Å²) in [6.07, 6.45) is 5.47. The van der Waals surface area contributed by atoms with E-state index in [4.69, 9.17) is 0 Å². The van der Waals surface area contributed by atoms with E-state index >= 15 is 0 Å². The van der Waals surface area contributed by atoms with Crippen molar-refractivity contribution in [1.82, 2.24) is 15.1 Å². The van der Waals surface area contributed by atoms with Gasteiger partial charge in [-0.25, -0.2) is 4.79 Å². The number of nitrogens with one attached hydrogen (secondary N) is 1. The molecule has 0 spiro atoms. The Balaban J connectivity index is 1.31. The van der Waals surface area contributed by atoms with Gasteiger partial charge in [-0.2, -0.15) is 0 Å². The summed E-state index contributed by atoms with van der Waals surface area (Å²) in [4.78, 5) is 30.8. The molecular formula is C29H37N3O2. The predicted octanol–water partition coefficient (Wildman–Crippen LogP) is 4.75. The third-order valence-corrected chi connectivity index (χ3v) is 7.85. The van der Waals surface area contributed by atoms with E-state index in [1.807, 2.05) is 23.1 Å². The second-order valence-corrected chi connectivity index (χ2v) is 10.6. The number of carbonyl (C=O) groups excluding carboxylic acids is 2. The number of carbonyl (C=O) groups is 2.